The summed E-state index contributed by atoms with van der Waals surface area (Å²) < 4.78 is 18.2. The van der Waals surface area contributed by atoms with Crippen LogP contribution in [0, 0.1) is 12.7 Å². The molecule has 0 unspecified atom stereocenters. The van der Waals surface area contributed by atoms with Gasteiger partial charge in [-0.15, -0.1) is 0 Å². The molecule has 22 heavy (non-hydrogen) atoms. The zero-order valence-corrected chi connectivity index (χ0v) is 12.2. The molecule has 2 aromatic carbocycles. The first-order chi connectivity index (χ1) is 10.6. The van der Waals surface area contributed by atoms with E-state index in [0.717, 1.165) is 16.6 Å². The Kier molecular flexibility index (Phi) is 3.55. The zero-order valence-electron chi connectivity index (χ0n) is 12.2. The maximum absolute atomic E-state index is 12.9. The number of anilines is 1. The van der Waals surface area contributed by atoms with Crippen LogP contribution in [-0.2, 0) is 0 Å². The Labute approximate surface area is 126 Å². The molecule has 0 spiro atoms. The van der Waals surface area contributed by atoms with Gasteiger partial charge < -0.3 is 15.0 Å². The van der Waals surface area contributed by atoms with E-state index in [-0.39, 0.29) is 11.7 Å². The number of aromatic nitrogens is 1. The fourth-order valence-electron chi connectivity index (χ4n) is 2.51. The molecule has 3 aromatic rings. The van der Waals surface area contributed by atoms with E-state index in [1.165, 1.54) is 24.3 Å². The summed E-state index contributed by atoms with van der Waals surface area (Å²) >= 11 is 0. The maximum Gasteiger partial charge on any atom is 0.258 e. The van der Waals surface area contributed by atoms with Crippen LogP contribution in [0.2, 0.25) is 0 Å². The van der Waals surface area contributed by atoms with E-state index in [1.54, 1.807) is 7.11 Å². The summed E-state index contributed by atoms with van der Waals surface area (Å²) in [5.74, 6) is 0.0936. The van der Waals surface area contributed by atoms with Crippen LogP contribution in [-0.4, -0.2) is 18.0 Å². The lowest BCUT2D eigenvalue weighted by molar-refractivity contribution is 0.102. The van der Waals surface area contributed by atoms with E-state index in [1.807, 2.05) is 25.1 Å². The second kappa shape index (κ2) is 5.52. The van der Waals surface area contributed by atoms with Crippen molar-refractivity contribution in [3.8, 4) is 5.75 Å². The number of hydrogen-bond acceptors (Lipinski definition) is 2. The predicted molar refractivity (Wildman–Crippen MR) is 83.9 cm³/mol. The summed E-state index contributed by atoms with van der Waals surface area (Å²) in [7, 11) is 1.59. The number of para-hydroxylation sites is 1. The number of nitrogens with one attached hydrogen (secondary N) is 2. The summed E-state index contributed by atoms with van der Waals surface area (Å²) in [5, 5.41) is 3.56. The van der Waals surface area contributed by atoms with E-state index >= 15 is 0 Å². The number of amides is 1. The van der Waals surface area contributed by atoms with Crippen LogP contribution in [0.4, 0.5) is 10.1 Å². The fraction of sp³-hybridized carbons (Fsp3) is 0.118. The molecule has 0 aliphatic carbocycles. The molecule has 0 saturated carbocycles. The number of aromatic amines is 1. The third-order valence-corrected chi connectivity index (χ3v) is 3.53. The summed E-state index contributed by atoms with van der Waals surface area (Å²) in [5.41, 5.74) is 2.63. The van der Waals surface area contributed by atoms with Gasteiger partial charge in [-0.2, -0.15) is 0 Å². The minimum absolute atomic E-state index is 0.247. The number of carbonyl (C=O) groups is 1. The van der Waals surface area contributed by atoms with Gasteiger partial charge in [0.1, 0.15) is 11.6 Å². The van der Waals surface area contributed by atoms with E-state index in [0.29, 0.717) is 17.0 Å². The number of ether oxygens (including phenoxy) is 1. The molecule has 4 nitrogen and oxygen atoms in total. The van der Waals surface area contributed by atoms with Crippen molar-refractivity contribution in [3.05, 3.63) is 59.5 Å². The number of methoxy groups -OCH3 is 1. The first-order valence-corrected chi connectivity index (χ1v) is 6.82. The van der Waals surface area contributed by atoms with Crippen LogP contribution in [0.15, 0.2) is 42.5 Å². The zero-order chi connectivity index (χ0) is 15.7. The third-order valence-electron chi connectivity index (χ3n) is 3.53. The van der Waals surface area contributed by atoms with Crippen molar-refractivity contribution < 1.29 is 13.9 Å². The monoisotopic (exact) mass is 298 g/mol. The van der Waals surface area contributed by atoms with Gasteiger partial charge in [-0.1, -0.05) is 12.1 Å². The molecule has 1 heterocycles. The van der Waals surface area contributed by atoms with Gasteiger partial charge in [-0.05, 0) is 37.3 Å². The quantitative estimate of drug-likeness (QED) is 0.771. The maximum atomic E-state index is 12.9. The average Bonchev–Trinajstić information content (AvgIpc) is 2.85. The molecule has 0 fully saturated rings. The molecule has 0 atom stereocenters. The van der Waals surface area contributed by atoms with Crippen molar-refractivity contribution in [2.24, 2.45) is 0 Å². The van der Waals surface area contributed by atoms with Gasteiger partial charge in [0.15, 0.2) is 0 Å². The number of hydrogen-bond donors (Lipinski definition) is 2. The van der Waals surface area contributed by atoms with Crippen LogP contribution in [0.3, 0.4) is 0 Å². The summed E-state index contributed by atoms with van der Waals surface area (Å²) in [6.45, 7) is 1.83. The van der Waals surface area contributed by atoms with Crippen LogP contribution in [0.5, 0.6) is 5.75 Å². The van der Waals surface area contributed by atoms with E-state index < -0.39 is 0 Å². The van der Waals surface area contributed by atoms with Crippen LogP contribution >= 0.6 is 0 Å². The van der Waals surface area contributed by atoms with Crippen LogP contribution < -0.4 is 10.1 Å². The van der Waals surface area contributed by atoms with Crippen molar-refractivity contribution in [2.45, 2.75) is 6.92 Å². The second-order valence-electron chi connectivity index (χ2n) is 4.97. The van der Waals surface area contributed by atoms with Gasteiger partial charge in [0, 0.05) is 16.8 Å². The highest BCUT2D eigenvalue weighted by molar-refractivity contribution is 6.14. The number of H-pyrrole nitrogens is 1. The molecule has 112 valence electrons. The summed E-state index contributed by atoms with van der Waals surface area (Å²) in [4.78, 5) is 15.7. The van der Waals surface area contributed by atoms with Gasteiger partial charge in [0.25, 0.3) is 5.91 Å². The number of halogens is 1. The number of aryl methyl sites for hydroxylation is 1. The molecular formula is C17H15FN2O2. The first-order valence-electron chi connectivity index (χ1n) is 6.82. The molecule has 1 amide bonds. The van der Waals surface area contributed by atoms with E-state index in [4.69, 9.17) is 4.74 Å². The Morgan fingerprint density at radius 3 is 2.59 bits per heavy atom. The van der Waals surface area contributed by atoms with Gasteiger partial charge in [0.05, 0.1) is 18.2 Å². The minimum atomic E-state index is -0.342. The molecule has 0 aliphatic rings. The van der Waals surface area contributed by atoms with Crippen LogP contribution in [0.1, 0.15) is 16.1 Å². The molecule has 3 rings (SSSR count). The largest absolute Gasteiger partial charge is 0.495 e. The average molecular weight is 298 g/mol. The van der Waals surface area contributed by atoms with Gasteiger partial charge >= 0.3 is 0 Å². The molecule has 0 aliphatic heterocycles. The minimum Gasteiger partial charge on any atom is -0.495 e. The van der Waals surface area contributed by atoms with Crippen LogP contribution in [0.25, 0.3) is 10.9 Å². The van der Waals surface area contributed by atoms with Crippen molar-refractivity contribution in [1.82, 2.24) is 4.98 Å². The molecule has 0 radical (unpaired) electrons. The molecule has 5 heteroatoms. The Morgan fingerprint density at radius 2 is 1.91 bits per heavy atom. The molecule has 1 aromatic heterocycles. The highest BCUT2D eigenvalue weighted by Crippen LogP contribution is 2.30. The topological polar surface area (TPSA) is 54.1 Å². The standard InChI is InChI=1S/C17H15FN2O2/c1-10-15(13-4-3-5-14(22-2)16(13)19-10)17(21)20-12-8-6-11(18)7-9-12/h3-9,19H,1-2H3,(H,20,21). The van der Waals surface area contributed by atoms with E-state index in [2.05, 4.69) is 10.3 Å². The lowest BCUT2D eigenvalue weighted by Gasteiger charge is -2.06. The van der Waals surface area contributed by atoms with Crippen molar-refractivity contribution in [2.75, 3.05) is 12.4 Å². The smallest absolute Gasteiger partial charge is 0.258 e. The van der Waals surface area contributed by atoms with E-state index in [9.17, 15) is 9.18 Å². The van der Waals surface area contributed by atoms with Crippen molar-refractivity contribution in [3.63, 3.8) is 0 Å². The van der Waals surface area contributed by atoms with Gasteiger partial charge in [-0.3, -0.25) is 4.79 Å². The van der Waals surface area contributed by atoms with Gasteiger partial charge in [0.2, 0.25) is 0 Å². The highest BCUT2D eigenvalue weighted by atomic mass is 19.1. The summed E-state index contributed by atoms with van der Waals surface area (Å²) in [6, 6.07) is 11.2. The number of rotatable bonds is 3. The Hall–Kier alpha value is -2.82. The second-order valence-corrected chi connectivity index (χ2v) is 4.97. The Morgan fingerprint density at radius 1 is 1.18 bits per heavy atom. The number of carbonyl (C=O) groups excluding carboxylic acids is 1. The fourth-order valence-corrected chi connectivity index (χ4v) is 2.51. The molecule has 2 N–H and O–H groups in total. The van der Waals surface area contributed by atoms with Crippen molar-refractivity contribution in [1.29, 1.82) is 0 Å². The third kappa shape index (κ3) is 2.41. The number of fused-ring (bicyclic) bond motifs is 1. The Balaban J connectivity index is 2.00. The lowest BCUT2D eigenvalue weighted by Crippen LogP contribution is -2.12. The molecular weight excluding hydrogens is 283 g/mol. The predicted octanol–water partition coefficient (Wildman–Crippen LogP) is 3.88. The summed E-state index contributed by atoms with van der Waals surface area (Å²) in [6.07, 6.45) is 0. The highest BCUT2D eigenvalue weighted by Gasteiger charge is 2.18. The first kappa shape index (κ1) is 14.1. The molecule has 0 bridgehead atoms. The number of benzene rings is 2. The van der Waals surface area contributed by atoms with Gasteiger partial charge in [-0.25, -0.2) is 4.39 Å². The molecule has 0 saturated heterocycles. The lowest BCUT2D eigenvalue weighted by atomic mass is 10.1. The van der Waals surface area contributed by atoms with Crippen molar-refractivity contribution >= 4 is 22.5 Å². The SMILES string of the molecule is COc1cccc2c(C(=O)Nc3ccc(F)cc3)c(C)[nH]c12. The Bertz CT molecular complexity index is 838. The normalized spacial score (nSPS) is 10.7.